The number of ether oxygens (including phenoxy) is 2. The highest BCUT2D eigenvalue weighted by Crippen LogP contribution is 2.32. The maximum Gasteiger partial charge on any atom is 0.265 e. The highest BCUT2D eigenvalue weighted by atomic mass is 32.2. The van der Waals surface area contributed by atoms with Crippen LogP contribution in [0.2, 0.25) is 0 Å². The molecular formula is C19H22N2O5S. The van der Waals surface area contributed by atoms with Crippen LogP contribution in [0.3, 0.4) is 0 Å². The summed E-state index contributed by atoms with van der Waals surface area (Å²) in [6.07, 6.45) is 1.39. The van der Waals surface area contributed by atoms with Gasteiger partial charge in [0.2, 0.25) is 0 Å². The van der Waals surface area contributed by atoms with Crippen molar-refractivity contribution in [3.05, 3.63) is 42.5 Å². The second kappa shape index (κ2) is 7.87. The van der Waals surface area contributed by atoms with E-state index in [0.29, 0.717) is 29.5 Å². The molecule has 0 spiro atoms. The third-order valence-electron chi connectivity index (χ3n) is 4.07. The van der Waals surface area contributed by atoms with Crippen LogP contribution < -0.4 is 19.5 Å². The molecule has 144 valence electrons. The van der Waals surface area contributed by atoms with Gasteiger partial charge in [-0.3, -0.25) is 9.52 Å². The van der Waals surface area contributed by atoms with E-state index in [2.05, 4.69) is 17.0 Å². The van der Waals surface area contributed by atoms with E-state index in [0.717, 1.165) is 12.8 Å². The first-order valence-electron chi connectivity index (χ1n) is 8.76. The maximum absolute atomic E-state index is 12.6. The molecule has 1 heterocycles. The van der Waals surface area contributed by atoms with Crippen molar-refractivity contribution in [2.75, 3.05) is 16.6 Å². The molecule has 0 radical (unpaired) electrons. The Kier molecular flexibility index (Phi) is 5.55. The van der Waals surface area contributed by atoms with Crippen LogP contribution in [-0.2, 0) is 14.8 Å². The normalized spacial score (nSPS) is 16.1. The Bertz CT molecular complexity index is 926. The molecule has 0 aliphatic carbocycles. The number of amides is 1. The summed E-state index contributed by atoms with van der Waals surface area (Å²) >= 11 is 0. The molecule has 8 heteroatoms. The lowest BCUT2D eigenvalue weighted by atomic mass is 10.2. The molecule has 1 unspecified atom stereocenters. The van der Waals surface area contributed by atoms with Crippen LogP contribution in [-0.4, -0.2) is 27.0 Å². The molecule has 0 bridgehead atoms. The van der Waals surface area contributed by atoms with Gasteiger partial charge in [-0.05, 0) is 55.8 Å². The van der Waals surface area contributed by atoms with Gasteiger partial charge in [-0.15, -0.1) is 0 Å². The number of benzene rings is 2. The average molecular weight is 390 g/mol. The molecule has 0 saturated carbocycles. The topological polar surface area (TPSA) is 93.7 Å². The zero-order valence-corrected chi connectivity index (χ0v) is 16.0. The number of sulfonamides is 1. The van der Waals surface area contributed by atoms with Crippen molar-refractivity contribution in [1.82, 2.24) is 0 Å². The third kappa shape index (κ3) is 4.51. The van der Waals surface area contributed by atoms with E-state index in [9.17, 15) is 13.2 Å². The van der Waals surface area contributed by atoms with E-state index >= 15 is 0 Å². The highest BCUT2D eigenvalue weighted by molar-refractivity contribution is 7.92. The number of fused-ring (bicyclic) bond motifs is 1. The number of nitrogens with one attached hydrogen (secondary N) is 2. The summed E-state index contributed by atoms with van der Waals surface area (Å²) in [5.74, 6) is 0.812. The van der Waals surface area contributed by atoms with Crippen LogP contribution in [0.25, 0.3) is 0 Å². The first kappa shape index (κ1) is 19.0. The minimum absolute atomic E-state index is 0.0305. The summed E-state index contributed by atoms with van der Waals surface area (Å²) in [4.78, 5) is 11.8. The zero-order valence-electron chi connectivity index (χ0n) is 15.2. The molecule has 2 N–H and O–H groups in total. The number of unbranched alkanes of at least 4 members (excludes halogenated alkanes) is 1. The molecule has 1 amide bonds. The Morgan fingerprint density at radius 1 is 1.19 bits per heavy atom. The summed E-state index contributed by atoms with van der Waals surface area (Å²) in [5.41, 5.74) is 0.755. The minimum Gasteiger partial charge on any atom is -0.494 e. The van der Waals surface area contributed by atoms with Gasteiger partial charge in [0.05, 0.1) is 17.2 Å². The SMILES string of the molecule is CCCCOc1ccc(NS(=O)(=O)c2ccc3c(c2)NC(=O)C(C)O3)cc1. The molecule has 0 aromatic heterocycles. The summed E-state index contributed by atoms with van der Waals surface area (Å²) in [6, 6.07) is 11.1. The molecule has 1 aliphatic rings. The van der Waals surface area contributed by atoms with Gasteiger partial charge in [0.25, 0.3) is 15.9 Å². The number of anilines is 2. The number of rotatable bonds is 7. The first-order valence-corrected chi connectivity index (χ1v) is 10.2. The van der Waals surface area contributed by atoms with Gasteiger partial charge in [0, 0.05) is 5.69 Å². The zero-order chi connectivity index (χ0) is 19.4. The van der Waals surface area contributed by atoms with Crippen molar-refractivity contribution >= 4 is 27.3 Å². The van der Waals surface area contributed by atoms with Gasteiger partial charge in [-0.25, -0.2) is 8.42 Å². The molecule has 0 saturated heterocycles. The summed E-state index contributed by atoms with van der Waals surface area (Å²) in [7, 11) is -3.81. The molecule has 0 fully saturated rings. The Labute approximate surface area is 158 Å². The summed E-state index contributed by atoms with van der Waals surface area (Å²) < 4.78 is 38.8. The first-order chi connectivity index (χ1) is 12.9. The lowest BCUT2D eigenvalue weighted by Gasteiger charge is -2.23. The molecule has 7 nitrogen and oxygen atoms in total. The molecular weight excluding hydrogens is 368 g/mol. The van der Waals surface area contributed by atoms with E-state index in [1.54, 1.807) is 31.2 Å². The third-order valence-corrected chi connectivity index (χ3v) is 5.44. The lowest BCUT2D eigenvalue weighted by molar-refractivity contribution is -0.122. The van der Waals surface area contributed by atoms with Crippen molar-refractivity contribution < 1.29 is 22.7 Å². The smallest absolute Gasteiger partial charge is 0.265 e. The van der Waals surface area contributed by atoms with E-state index in [4.69, 9.17) is 9.47 Å². The molecule has 1 aliphatic heterocycles. The van der Waals surface area contributed by atoms with Crippen molar-refractivity contribution in [3.63, 3.8) is 0 Å². The molecule has 27 heavy (non-hydrogen) atoms. The van der Waals surface area contributed by atoms with E-state index in [1.807, 2.05) is 0 Å². The fourth-order valence-electron chi connectivity index (χ4n) is 2.52. The van der Waals surface area contributed by atoms with Gasteiger partial charge >= 0.3 is 0 Å². The van der Waals surface area contributed by atoms with Crippen molar-refractivity contribution in [2.24, 2.45) is 0 Å². The standard InChI is InChI=1S/C19H22N2O5S/c1-3-4-11-25-15-7-5-14(6-8-15)21-27(23,24)16-9-10-18-17(12-16)20-19(22)13(2)26-18/h5-10,12-13,21H,3-4,11H2,1-2H3,(H,20,22). The second-order valence-corrected chi connectivity index (χ2v) is 7.92. The monoisotopic (exact) mass is 390 g/mol. The second-order valence-electron chi connectivity index (χ2n) is 6.24. The number of carbonyl (C=O) groups excluding carboxylic acids is 1. The minimum atomic E-state index is -3.81. The Hall–Kier alpha value is -2.74. The van der Waals surface area contributed by atoms with Crippen molar-refractivity contribution in [3.8, 4) is 11.5 Å². The van der Waals surface area contributed by atoms with E-state index < -0.39 is 16.1 Å². The van der Waals surface area contributed by atoms with Crippen molar-refractivity contribution in [1.29, 1.82) is 0 Å². The quantitative estimate of drug-likeness (QED) is 0.707. The average Bonchev–Trinajstić information content (AvgIpc) is 2.64. The Balaban J connectivity index is 1.73. The van der Waals surface area contributed by atoms with Gasteiger partial charge in [0.1, 0.15) is 11.5 Å². The van der Waals surface area contributed by atoms with Crippen LogP contribution in [0, 0.1) is 0 Å². The van der Waals surface area contributed by atoms with Gasteiger partial charge in [-0.1, -0.05) is 13.3 Å². The molecule has 1 atom stereocenters. The van der Waals surface area contributed by atoms with Crippen LogP contribution >= 0.6 is 0 Å². The summed E-state index contributed by atoms with van der Waals surface area (Å²) in [6.45, 7) is 4.34. The highest BCUT2D eigenvalue weighted by Gasteiger charge is 2.25. The Morgan fingerprint density at radius 3 is 2.63 bits per heavy atom. The number of hydrogen-bond acceptors (Lipinski definition) is 5. The van der Waals surface area contributed by atoms with Crippen molar-refractivity contribution in [2.45, 2.75) is 37.7 Å². The predicted molar refractivity (Wildman–Crippen MR) is 103 cm³/mol. The fraction of sp³-hybridized carbons (Fsp3) is 0.316. The number of hydrogen-bond donors (Lipinski definition) is 2. The predicted octanol–water partition coefficient (Wildman–Crippen LogP) is 3.39. The van der Waals surface area contributed by atoms with E-state index in [-0.39, 0.29) is 10.8 Å². The summed E-state index contributed by atoms with van der Waals surface area (Å²) in [5, 5.41) is 2.65. The number of carbonyl (C=O) groups is 1. The van der Waals surface area contributed by atoms with Gasteiger partial charge < -0.3 is 14.8 Å². The van der Waals surface area contributed by atoms with Gasteiger partial charge in [0.15, 0.2) is 6.10 Å². The largest absolute Gasteiger partial charge is 0.494 e. The van der Waals surface area contributed by atoms with Crippen LogP contribution in [0.1, 0.15) is 26.7 Å². The van der Waals surface area contributed by atoms with Crippen LogP contribution in [0.15, 0.2) is 47.4 Å². The van der Waals surface area contributed by atoms with Gasteiger partial charge in [-0.2, -0.15) is 0 Å². The fourth-order valence-corrected chi connectivity index (χ4v) is 3.61. The lowest BCUT2D eigenvalue weighted by Crippen LogP contribution is -2.34. The Morgan fingerprint density at radius 2 is 1.93 bits per heavy atom. The molecule has 3 rings (SSSR count). The van der Waals surface area contributed by atoms with E-state index in [1.165, 1.54) is 18.2 Å². The van der Waals surface area contributed by atoms with Crippen LogP contribution in [0.4, 0.5) is 11.4 Å². The molecule has 2 aromatic carbocycles. The molecule has 2 aromatic rings. The van der Waals surface area contributed by atoms with Crippen LogP contribution in [0.5, 0.6) is 11.5 Å². The maximum atomic E-state index is 12.6.